The van der Waals surface area contributed by atoms with E-state index in [1.165, 1.54) is 12.1 Å². The van der Waals surface area contributed by atoms with Crippen molar-refractivity contribution in [3.63, 3.8) is 0 Å². The van der Waals surface area contributed by atoms with Gasteiger partial charge in [-0.05, 0) is 30.9 Å². The molecule has 0 aliphatic heterocycles. The maximum Gasteiger partial charge on any atom is 0.269 e. The molecule has 0 saturated heterocycles. The van der Waals surface area contributed by atoms with Gasteiger partial charge >= 0.3 is 0 Å². The standard InChI is InChI=1S/C19H22N2O3/c1-14(15-7-9-17(10-8-15)21(23)24)20-13-19(11-12-19)18(22)16-5-3-2-4-6-16/h2-10,14,18,20,22H,11-13H2,1H3. The molecule has 24 heavy (non-hydrogen) atoms. The molecule has 1 aliphatic carbocycles. The molecule has 0 spiro atoms. The molecule has 1 fully saturated rings. The van der Waals surface area contributed by atoms with E-state index in [1.54, 1.807) is 12.1 Å². The summed E-state index contributed by atoms with van der Waals surface area (Å²) in [7, 11) is 0. The second-order valence-corrected chi connectivity index (χ2v) is 6.63. The smallest absolute Gasteiger partial charge is 0.269 e. The van der Waals surface area contributed by atoms with E-state index in [0.717, 1.165) is 30.5 Å². The number of rotatable bonds is 7. The molecule has 0 amide bonds. The Hall–Kier alpha value is -2.24. The molecular formula is C19H22N2O3. The van der Waals surface area contributed by atoms with E-state index in [-0.39, 0.29) is 17.1 Å². The average Bonchev–Trinajstić information content (AvgIpc) is 3.41. The van der Waals surface area contributed by atoms with Crippen LogP contribution in [0.4, 0.5) is 5.69 Å². The fraction of sp³-hybridized carbons (Fsp3) is 0.368. The summed E-state index contributed by atoms with van der Waals surface area (Å²) in [6.07, 6.45) is 1.54. The molecule has 2 atom stereocenters. The molecule has 1 aliphatic rings. The Morgan fingerprint density at radius 1 is 1.12 bits per heavy atom. The Morgan fingerprint density at radius 3 is 2.29 bits per heavy atom. The van der Waals surface area contributed by atoms with Crippen LogP contribution in [0.5, 0.6) is 0 Å². The molecule has 3 rings (SSSR count). The van der Waals surface area contributed by atoms with Gasteiger partial charge in [0.25, 0.3) is 5.69 Å². The number of hydrogen-bond acceptors (Lipinski definition) is 4. The summed E-state index contributed by atoms with van der Waals surface area (Å²) >= 11 is 0. The summed E-state index contributed by atoms with van der Waals surface area (Å²) in [5.74, 6) is 0. The fourth-order valence-electron chi connectivity index (χ4n) is 3.06. The molecule has 0 bridgehead atoms. The van der Waals surface area contributed by atoms with Crippen LogP contribution in [0, 0.1) is 15.5 Å². The highest BCUT2D eigenvalue weighted by molar-refractivity contribution is 5.34. The van der Waals surface area contributed by atoms with Gasteiger partial charge in [0.2, 0.25) is 0 Å². The Bertz CT molecular complexity index is 696. The lowest BCUT2D eigenvalue weighted by Gasteiger charge is -2.25. The van der Waals surface area contributed by atoms with Gasteiger partial charge in [-0.3, -0.25) is 10.1 Å². The van der Waals surface area contributed by atoms with Gasteiger partial charge in [0.05, 0.1) is 11.0 Å². The number of nitrogens with one attached hydrogen (secondary N) is 1. The first-order valence-electron chi connectivity index (χ1n) is 8.23. The summed E-state index contributed by atoms with van der Waals surface area (Å²) in [5, 5.41) is 24.9. The van der Waals surface area contributed by atoms with Crippen LogP contribution < -0.4 is 5.32 Å². The van der Waals surface area contributed by atoms with Gasteiger partial charge in [-0.15, -0.1) is 0 Å². The Kier molecular flexibility index (Phi) is 4.64. The van der Waals surface area contributed by atoms with Crippen molar-refractivity contribution in [2.75, 3.05) is 6.54 Å². The third-order valence-corrected chi connectivity index (χ3v) is 4.95. The van der Waals surface area contributed by atoms with Crippen molar-refractivity contribution in [3.8, 4) is 0 Å². The van der Waals surface area contributed by atoms with Crippen molar-refractivity contribution in [2.24, 2.45) is 5.41 Å². The van der Waals surface area contributed by atoms with E-state index >= 15 is 0 Å². The van der Waals surface area contributed by atoms with E-state index < -0.39 is 11.0 Å². The van der Waals surface area contributed by atoms with E-state index in [1.807, 2.05) is 37.3 Å². The van der Waals surface area contributed by atoms with Crippen molar-refractivity contribution in [2.45, 2.75) is 31.9 Å². The summed E-state index contributed by atoms with van der Waals surface area (Å²) in [5.41, 5.74) is 1.96. The number of nitrogens with zero attached hydrogens (tertiary/aromatic N) is 1. The molecule has 126 valence electrons. The number of hydrogen-bond donors (Lipinski definition) is 2. The van der Waals surface area contributed by atoms with E-state index in [0.29, 0.717) is 0 Å². The monoisotopic (exact) mass is 326 g/mol. The first kappa shape index (κ1) is 16.6. The van der Waals surface area contributed by atoms with E-state index in [2.05, 4.69) is 5.32 Å². The normalized spacial score (nSPS) is 17.9. The van der Waals surface area contributed by atoms with Crippen LogP contribution in [0.15, 0.2) is 54.6 Å². The molecule has 5 heteroatoms. The van der Waals surface area contributed by atoms with Gasteiger partial charge in [0.15, 0.2) is 0 Å². The minimum absolute atomic E-state index is 0.0752. The number of non-ortho nitro benzene ring substituents is 1. The van der Waals surface area contributed by atoms with Crippen molar-refractivity contribution in [1.29, 1.82) is 0 Å². The van der Waals surface area contributed by atoms with Gasteiger partial charge < -0.3 is 10.4 Å². The topological polar surface area (TPSA) is 75.4 Å². The van der Waals surface area contributed by atoms with Crippen LogP contribution in [0.25, 0.3) is 0 Å². The van der Waals surface area contributed by atoms with Crippen molar-refractivity contribution >= 4 is 5.69 Å². The Morgan fingerprint density at radius 2 is 1.75 bits per heavy atom. The third-order valence-electron chi connectivity index (χ3n) is 4.95. The fourth-order valence-corrected chi connectivity index (χ4v) is 3.06. The first-order chi connectivity index (χ1) is 11.5. The highest BCUT2D eigenvalue weighted by atomic mass is 16.6. The lowest BCUT2D eigenvalue weighted by Crippen LogP contribution is -2.30. The Balaban J connectivity index is 1.61. The molecule has 2 N–H and O–H groups in total. The maximum absolute atomic E-state index is 10.7. The van der Waals surface area contributed by atoms with Gasteiger partial charge in [-0.1, -0.05) is 42.5 Å². The number of aliphatic hydroxyl groups excluding tert-OH is 1. The third kappa shape index (κ3) is 3.47. The molecule has 0 radical (unpaired) electrons. The molecule has 0 heterocycles. The van der Waals surface area contributed by atoms with Gasteiger partial charge in [-0.2, -0.15) is 0 Å². The van der Waals surface area contributed by atoms with Crippen LogP contribution in [0.2, 0.25) is 0 Å². The van der Waals surface area contributed by atoms with Crippen molar-refractivity contribution < 1.29 is 10.0 Å². The lowest BCUT2D eigenvalue weighted by molar-refractivity contribution is -0.384. The van der Waals surface area contributed by atoms with E-state index in [4.69, 9.17) is 0 Å². The summed E-state index contributed by atoms with van der Waals surface area (Å²) in [4.78, 5) is 10.3. The molecule has 2 unspecified atom stereocenters. The van der Waals surface area contributed by atoms with Gasteiger partial charge in [-0.25, -0.2) is 0 Å². The molecule has 1 saturated carbocycles. The number of nitro benzene ring substituents is 1. The van der Waals surface area contributed by atoms with Crippen molar-refractivity contribution in [3.05, 3.63) is 75.8 Å². The van der Waals surface area contributed by atoms with Crippen LogP contribution in [-0.4, -0.2) is 16.6 Å². The molecule has 0 aromatic heterocycles. The second-order valence-electron chi connectivity index (χ2n) is 6.63. The molecule has 2 aromatic rings. The number of aliphatic hydroxyl groups is 1. The predicted octanol–water partition coefficient (Wildman–Crippen LogP) is 3.76. The Labute approximate surface area is 141 Å². The quantitative estimate of drug-likeness (QED) is 0.600. The van der Waals surface area contributed by atoms with Crippen LogP contribution in [0.1, 0.15) is 43.0 Å². The summed E-state index contributed by atoms with van der Waals surface area (Å²) < 4.78 is 0. The van der Waals surface area contributed by atoms with Crippen molar-refractivity contribution in [1.82, 2.24) is 5.32 Å². The zero-order valence-corrected chi connectivity index (χ0v) is 13.7. The predicted molar refractivity (Wildman–Crippen MR) is 92.6 cm³/mol. The van der Waals surface area contributed by atoms with Gasteiger partial charge in [0.1, 0.15) is 0 Å². The zero-order chi connectivity index (χ0) is 17.2. The van der Waals surface area contributed by atoms with Crippen LogP contribution in [-0.2, 0) is 0 Å². The lowest BCUT2D eigenvalue weighted by atomic mass is 9.92. The minimum Gasteiger partial charge on any atom is -0.388 e. The molecule has 5 nitrogen and oxygen atoms in total. The van der Waals surface area contributed by atoms with Crippen LogP contribution >= 0.6 is 0 Å². The minimum atomic E-state index is -0.463. The largest absolute Gasteiger partial charge is 0.388 e. The average molecular weight is 326 g/mol. The second kappa shape index (κ2) is 6.71. The summed E-state index contributed by atoms with van der Waals surface area (Å²) in [6, 6.07) is 16.5. The van der Waals surface area contributed by atoms with Crippen LogP contribution in [0.3, 0.4) is 0 Å². The van der Waals surface area contributed by atoms with E-state index in [9.17, 15) is 15.2 Å². The highest BCUT2D eigenvalue weighted by Crippen LogP contribution is 2.54. The molecule has 2 aromatic carbocycles. The van der Waals surface area contributed by atoms with Gasteiger partial charge in [0, 0.05) is 30.1 Å². The molecular weight excluding hydrogens is 304 g/mol. The first-order valence-corrected chi connectivity index (χ1v) is 8.23. The number of nitro groups is 1. The summed E-state index contributed by atoms with van der Waals surface area (Å²) in [6.45, 7) is 2.76. The number of benzene rings is 2. The SMILES string of the molecule is CC(NCC1(C(O)c2ccccc2)CC1)c1ccc([N+](=O)[O-])cc1. The maximum atomic E-state index is 10.7. The zero-order valence-electron chi connectivity index (χ0n) is 13.7. The highest BCUT2D eigenvalue weighted by Gasteiger charge is 2.49.